The molecule has 1 aliphatic rings. The Kier molecular flexibility index (Phi) is 7.05. The van der Waals surface area contributed by atoms with Crippen molar-refractivity contribution < 1.29 is 9.47 Å². The van der Waals surface area contributed by atoms with Gasteiger partial charge in [-0.1, -0.05) is 48.0 Å². The molecule has 0 radical (unpaired) electrons. The van der Waals surface area contributed by atoms with Gasteiger partial charge in [0.15, 0.2) is 0 Å². The first-order valence-electron chi connectivity index (χ1n) is 10.5. The lowest BCUT2D eigenvalue weighted by atomic mass is 10.1. The third kappa shape index (κ3) is 5.63. The zero-order chi connectivity index (χ0) is 20.8. The highest BCUT2D eigenvalue weighted by molar-refractivity contribution is 6.30. The van der Waals surface area contributed by atoms with Gasteiger partial charge >= 0.3 is 0 Å². The van der Waals surface area contributed by atoms with Gasteiger partial charge in [-0.2, -0.15) is 5.10 Å². The summed E-state index contributed by atoms with van der Waals surface area (Å²) >= 11 is 6.01. The number of hydrogen-bond donors (Lipinski definition) is 0. The SMILES string of the molecule is Cn1nc([C@H]2CN(CCc3ccccc3)CCO2)cc1CCOc1cccc(Cl)c1. The summed E-state index contributed by atoms with van der Waals surface area (Å²) in [5.74, 6) is 0.787. The predicted molar refractivity (Wildman–Crippen MR) is 119 cm³/mol. The number of morpholine rings is 1. The molecule has 0 N–H and O–H groups in total. The smallest absolute Gasteiger partial charge is 0.120 e. The number of benzene rings is 2. The van der Waals surface area contributed by atoms with Gasteiger partial charge in [0.25, 0.3) is 0 Å². The summed E-state index contributed by atoms with van der Waals surface area (Å²) in [5, 5.41) is 5.40. The van der Waals surface area contributed by atoms with Crippen LogP contribution in [0.1, 0.15) is 23.1 Å². The number of rotatable bonds is 8. The average Bonchev–Trinajstić information content (AvgIpc) is 3.14. The fourth-order valence-corrected chi connectivity index (χ4v) is 3.95. The van der Waals surface area contributed by atoms with Crippen LogP contribution in [0.15, 0.2) is 60.7 Å². The van der Waals surface area contributed by atoms with Gasteiger partial charge < -0.3 is 9.47 Å². The van der Waals surface area contributed by atoms with E-state index in [2.05, 4.69) is 41.3 Å². The van der Waals surface area contributed by atoms with Crippen LogP contribution in [0.4, 0.5) is 0 Å². The highest BCUT2D eigenvalue weighted by atomic mass is 35.5. The van der Waals surface area contributed by atoms with Gasteiger partial charge in [-0.15, -0.1) is 0 Å². The van der Waals surface area contributed by atoms with Crippen LogP contribution in [-0.2, 0) is 24.6 Å². The van der Waals surface area contributed by atoms with Gasteiger partial charge in [-0.05, 0) is 36.2 Å². The highest BCUT2D eigenvalue weighted by Gasteiger charge is 2.24. The largest absolute Gasteiger partial charge is 0.493 e. The van der Waals surface area contributed by atoms with E-state index >= 15 is 0 Å². The van der Waals surface area contributed by atoms with Crippen LogP contribution in [0.2, 0.25) is 5.02 Å². The minimum Gasteiger partial charge on any atom is -0.493 e. The zero-order valence-electron chi connectivity index (χ0n) is 17.3. The molecule has 30 heavy (non-hydrogen) atoms. The molecule has 1 aromatic heterocycles. The van der Waals surface area contributed by atoms with Gasteiger partial charge in [-0.3, -0.25) is 9.58 Å². The lowest BCUT2D eigenvalue weighted by molar-refractivity contribution is -0.0318. The van der Waals surface area contributed by atoms with Crippen molar-refractivity contribution in [2.24, 2.45) is 7.05 Å². The van der Waals surface area contributed by atoms with E-state index in [9.17, 15) is 0 Å². The van der Waals surface area contributed by atoms with Gasteiger partial charge in [-0.25, -0.2) is 0 Å². The number of aryl methyl sites for hydroxylation is 1. The van der Waals surface area contributed by atoms with Crippen LogP contribution in [0.5, 0.6) is 5.75 Å². The van der Waals surface area contributed by atoms with Crippen molar-refractivity contribution in [1.82, 2.24) is 14.7 Å². The Morgan fingerprint density at radius 2 is 1.97 bits per heavy atom. The quantitative estimate of drug-likeness (QED) is 0.539. The molecule has 0 bridgehead atoms. The number of aromatic nitrogens is 2. The topological polar surface area (TPSA) is 39.5 Å². The second kappa shape index (κ2) is 10.1. The average molecular weight is 426 g/mol. The minimum atomic E-state index is 0.0170. The number of nitrogens with zero attached hydrogens (tertiary/aromatic N) is 3. The maximum atomic E-state index is 6.04. The molecule has 0 saturated carbocycles. The summed E-state index contributed by atoms with van der Waals surface area (Å²) in [4.78, 5) is 2.47. The zero-order valence-corrected chi connectivity index (χ0v) is 18.1. The Hall–Kier alpha value is -2.34. The van der Waals surface area contributed by atoms with Crippen LogP contribution >= 0.6 is 11.6 Å². The van der Waals surface area contributed by atoms with Crippen LogP contribution in [0.3, 0.4) is 0 Å². The van der Waals surface area contributed by atoms with Gasteiger partial charge in [0.05, 0.1) is 18.9 Å². The minimum absolute atomic E-state index is 0.0170. The predicted octanol–water partition coefficient (Wildman–Crippen LogP) is 4.31. The molecule has 1 aliphatic heterocycles. The molecule has 6 heteroatoms. The third-order valence-corrected chi connectivity index (χ3v) is 5.69. The second-order valence-electron chi connectivity index (χ2n) is 7.64. The molecule has 3 aromatic rings. The Balaban J connectivity index is 1.30. The van der Waals surface area contributed by atoms with Crippen LogP contribution in [0.25, 0.3) is 0 Å². The van der Waals surface area contributed by atoms with Crippen LogP contribution in [-0.4, -0.2) is 47.5 Å². The molecular weight excluding hydrogens is 398 g/mol. The summed E-state index contributed by atoms with van der Waals surface area (Å²) in [6.07, 6.45) is 1.85. The van der Waals surface area contributed by atoms with Gasteiger partial charge in [0.1, 0.15) is 11.9 Å². The maximum absolute atomic E-state index is 6.04. The Morgan fingerprint density at radius 3 is 2.80 bits per heavy atom. The monoisotopic (exact) mass is 425 g/mol. The number of halogens is 1. The van der Waals surface area contributed by atoms with Crippen molar-refractivity contribution in [2.75, 3.05) is 32.8 Å². The highest BCUT2D eigenvalue weighted by Crippen LogP contribution is 2.23. The van der Waals surface area contributed by atoms with Crippen LogP contribution < -0.4 is 4.74 Å². The molecule has 0 aliphatic carbocycles. The first kappa shape index (κ1) is 20.9. The fraction of sp³-hybridized carbons (Fsp3) is 0.375. The molecule has 0 amide bonds. The standard InChI is InChI=1S/C24H28ClN3O2/c1-27-21(11-14-29-22-9-5-8-20(25)16-22)17-23(26-27)24-18-28(13-15-30-24)12-10-19-6-3-2-4-7-19/h2-9,16-17,24H,10-15,18H2,1H3/t24-/m1/s1. The van der Waals surface area contributed by atoms with Crippen LogP contribution in [0, 0.1) is 0 Å². The fourth-order valence-electron chi connectivity index (χ4n) is 3.77. The first-order chi connectivity index (χ1) is 14.7. The number of hydrogen-bond acceptors (Lipinski definition) is 4. The summed E-state index contributed by atoms with van der Waals surface area (Å²) < 4.78 is 13.8. The summed E-state index contributed by atoms with van der Waals surface area (Å²) in [5.41, 5.74) is 3.51. The van der Waals surface area contributed by atoms with Gasteiger partial charge in [0, 0.05) is 43.8 Å². The lowest BCUT2D eigenvalue weighted by Gasteiger charge is -2.32. The second-order valence-corrected chi connectivity index (χ2v) is 8.07. The van der Waals surface area contributed by atoms with Crippen molar-refractivity contribution in [3.8, 4) is 5.75 Å². The van der Waals surface area contributed by atoms with E-state index in [4.69, 9.17) is 26.2 Å². The molecule has 2 aromatic carbocycles. The Bertz CT molecular complexity index is 945. The molecule has 4 rings (SSSR count). The molecule has 0 unspecified atom stereocenters. The summed E-state index contributed by atoms with van der Waals surface area (Å²) in [6, 6.07) is 20.3. The van der Waals surface area contributed by atoms with E-state index in [0.717, 1.165) is 56.2 Å². The molecule has 158 valence electrons. The molecule has 1 saturated heterocycles. The normalized spacial score (nSPS) is 17.2. The number of ether oxygens (including phenoxy) is 2. The molecule has 0 spiro atoms. The van der Waals surface area contributed by atoms with Crippen molar-refractivity contribution in [3.05, 3.63) is 82.6 Å². The van der Waals surface area contributed by atoms with E-state index < -0.39 is 0 Å². The van der Waals surface area contributed by atoms with E-state index in [1.807, 2.05) is 36.0 Å². The lowest BCUT2D eigenvalue weighted by Crippen LogP contribution is -2.39. The van der Waals surface area contributed by atoms with Crippen molar-refractivity contribution in [2.45, 2.75) is 18.9 Å². The summed E-state index contributed by atoms with van der Waals surface area (Å²) in [6.45, 7) is 4.20. The maximum Gasteiger partial charge on any atom is 0.120 e. The van der Waals surface area contributed by atoms with E-state index in [1.54, 1.807) is 0 Å². The summed E-state index contributed by atoms with van der Waals surface area (Å²) in [7, 11) is 1.98. The third-order valence-electron chi connectivity index (χ3n) is 5.46. The first-order valence-corrected chi connectivity index (χ1v) is 10.8. The molecule has 1 atom stereocenters. The van der Waals surface area contributed by atoms with E-state index in [-0.39, 0.29) is 6.10 Å². The van der Waals surface area contributed by atoms with Crippen molar-refractivity contribution in [1.29, 1.82) is 0 Å². The van der Waals surface area contributed by atoms with Crippen molar-refractivity contribution in [3.63, 3.8) is 0 Å². The molecule has 1 fully saturated rings. The van der Waals surface area contributed by atoms with Crippen molar-refractivity contribution >= 4 is 11.6 Å². The van der Waals surface area contributed by atoms with E-state index in [1.165, 1.54) is 5.56 Å². The van der Waals surface area contributed by atoms with E-state index in [0.29, 0.717) is 11.6 Å². The van der Waals surface area contributed by atoms with Gasteiger partial charge in [0.2, 0.25) is 0 Å². The molecule has 5 nitrogen and oxygen atoms in total. The Labute approximate surface area is 183 Å². The molecular formula is C24H28ClN3O2. The molecule has 2 heterocycles. The Morgan fingerprint density at radius 1 is 1.10 bits per heavy atom.